The zero-order chi connectivity index (χ0) is 38.6. The van der Waals surface area contributed by atoms with E-state index in [0.29, 0.717) is 24.5 Å². The summed E-state index contributed by atoms with van der Waals surface area (Å²) in [5, 5.41) is 22.3. The van der Waals surface area contributed by atoms with E-state index in [4.69, 9.17) is 32.7 Å². The fourth-order valence-electron chi connectivity index (χ4n) is 9.12. The van der Waals surface area contributed by atoms with Gasteiger partial charge in [0.15, 0.2) is 0 Å². The molecule has 4 atom stereocenters. The first-order valence-corrected chi connectivity index (χ1v) is 19.4. The van der Waals surface area contributed by atoms with E-state index < -0.39 is 24.0 Å². The van der Waals surface area contributed by atoms with Gasteiger partial charge in [-0.15, -0.1) is 0 Å². The van der Waals surface area contributed by atoms with E-state index in [1.165, 1.54) is 27.8 Å². The number of aryl methyl sites for hydroxylation is 2. The third kappa shape index (κ3) is 7.99. The zero-order valence-electron chi connectivity index (χ0n) is 31.5. The Morgan fingerprint density at radius 3 is 1.72 bits per heavy atom. The number of likely N-dealkylation sites (N-methyl/N-ethyl adjacent to an activating group) is 2. The lowest BCUT2D eigenvalue weighted by Gasteiger charge is -2.36. The number of methoxy groups -OCH3 is 2. The standard InChI is InChI=1S/C44H50Cl2N2O6/c1-47(24-5-20-43(32-8-13-35(53-3)14-9-32)21-18-29-26-34(46)12-16-37(29)43)39(41(49)50)28-40(42(51)52)48(2)25-23-44(31-6-10-33(45)11-7-31)22-19-30-27-36(54-4)15-17-38(30)44/h6-17,26-27,39-40H,5,18-25,28H2,1-4H3,(H,49,50)(H,51,52)/t39-,40?,43?,44?/m0/s1. The molecule has 3 unspecified atom stereocenters. The molecule has 8 nitrogen and oxygen atoms in total. The van der Waals surface area contributed by atoms with E-state index in [9.17, 15) is 19.8 Å². The third-order valence-corrected chi connectivity index (χ3v) is 12.7. The van der Waals surface area contributed by atoms with Crippen molar-refractivity contribution < 1.29 is 29.3 Å². The lowest BCUT2D eigenvalue weighted by atomic mass is 9.72. The van der Waals surface area contributed by atoms with Gasteiger partial charge in [0.25, 0.3) is 0 Å². The van der Waals surface area contributed by atoms with Crippen molar-refractivity contribution in [1.29, 1.82) is 0 Å². The van der Waals surface area contributed by atoms with E-state index in [0.717, 1.165) is 60.6 Å². The molecule has 0 saturated carbocycles. The highest BCUT2D eigenvalue weighted by Crippen LogP contribution is 2.49. The van der Waals surface area contributed by atoms with Gasteiger partial charge >= 0.3 is 11.9 Å². The van der Waals surface area contributed by atoms with Crippen LogP contribution in [0.2, 0.25) is 10.0 Å². The summed E-state index contributed by atoms with van der Waals surface area (Å²) >= 11 is 12.7. The Balaban J connectivity index is 1.17. The Hall–Kier alpha value is -4.08. The van der Waals surface area contributed by atoms with Crippen molar-refractivity contribution in [3.05, 3.63) is 128 Å². The molecule has 0 amide bonds. The number of rotatable bonds is 17. The summed E-state index contributed by atoms with van der Waals surface area (Å²) in [6.45, 7) is 0.947. The number of hydrogen-bond donors (Lipinski definition) is 2. The summed E-state index contributed by atoms with van der Waals surface area (Å²) in [5.74, 6) is -0.464. The van der Waals surface area contributed by atoms with E-state index in [1.807, 2.05) is 41.3 Å². The monoisotopic (exact) mass is 772 g/mol. The number of carboxylic acids is 2. The second-order valence-corrected chi connectivity index (χ2v) is 15.9. The average molecular weight is 774 g/mol. The maximum atomic E-state index is 12.8. The maximum absolute atomic E-state index is 12.8. The molecule has 6 rings (SSSR count). The predicted molar refractivity (Wildman–Crippen MR) is 214 cm³/mol. The van der Waals surface area contributed by atoms with Gasteiger partial charge in [0.05, 0.1) is 14.2 Å². The summed E-state index contributed by atoms with van der Waals surface area (Å²) in [4.78, 5) is 29.3. The van der Waals surface area contributed by atoms with Crippen LogP contribution in [0, 0.1) is 0 Å². The van der Waals surface area contributed by atoms with E-state index in [1.54, 1.807) is 33.2 Å². The van der Waals surface area contributed by atoms with Crippen molar-refractivity contribution in [3.8, 4) is 11.5 Å². The van der Waals surface area contributed by atoms with E-state index >= 15 is 0 Å². The van der Waals surface area contributed by atoms with Gasteiger partial charge in [-0.25, -0.2) is 0 Å². The van der Waals surface area contributed by atoms with Crippen LogP contribution < -0.4 is 9.47 Å². The number of hydrogen-bond acceptors (Lipinski definition) is 6. The van der Waals surface area contributed by atoms with Gasteiger partial charge in [-0.05, 0) is 160 Å². The number of fused-ring (bicyclic) bond motifs is 2. The molecule has 0 fully saturated rings. The average Bonchev–Trinajstić information content (AvgIpc) is 3.72. The number of benzene rings is 4. The molecular weight excluding hydrogens is 723 g/mol. The van der Waals surface area contributed by atoms with Crippen molar-refractivity contribution in [3.63, 3.8) is 0 Å². The highest BCUT2D eigenvalue weighted by atomic mass is 35.5. The molecule has 0 aromatic heterocycles. The van der Waals surface area contributed by atoms with Gasteiger partial charge in [-0.3, -0.25) is 19.4 Å². The molecule has 10 heteroatoms. The van der Waals surface area contributed by atoms with Crippen molar-refractivity contribution >= 4 is 35.1 Å². The van der Waals surface area contributed by atoms with Crippen LogP contribution in [0.15, 0.2) is 84.9 Å². The molecule has 0 heterocycles. The molecule has 4 aromatic rings. The highest BCUT2D eigenvalue weighted by Gasteiger charge is 2.43. The lowest BCUT2D eigenvalue weighted by Crippen LogP contribution is -2.48. The number of nitrogens with zero attached hydrogens (tertiary/aromatic N) is 2. The number of aliphatic carboxylic acids is 2. The van der Waals surface area contributed by atoms with Crippen LogP contribution in [0.4, 0.5) is 0 Å². The van der Waals surface area contributed by atoms with Gasteiger partial charge in [0.2, 0.25) is 0 Å². The quantitative estimate of drug-likeness (QED) is 0.110. The van der Waals surface area contributed by atoms with Gasteiger partial charge in [0, 0.05) is 20.9 Å². The highest BCUT2D eigenvalue weighted by molar-refractivity contribution is 6.30. The Labute approximate surface area is 328 Å². The van der Waals surface area contributed by atoms with Crippen LogP contribution in [0.1, 0.15) is 71.9 Å². The molecule has 2 aliphatic rings. The summed E-state index contributed by atoms with van der Waals surface area (Å²) in [7, 11) is 6.90. The fourth-order valence-corrected chi connectivity index (χ4v) is 9.44. The zero-order valence-corrected chi connectivity index (χ0v) is 33.0. The summed E-state index contributed by atoms with van der Waals surface area (Å²) < 4.78 is 10.9. The topological polar surface area (TPSA) is 99.5 Å². The molecule has 0 saturated heterocycles. The van der Waals surface area contributed by atoms with Crippen molar-refractivity contribution in [2.45, 2.75) is 74.3 Å². The van der Waals surface area contributed by atoms with Crippen molar-refractivity contribution in [2.75, 3.05) is 41.4 Å². The van der Waals surface area contributed by atoms with Crippen LogP contribution in [-0.2, 0) is 33.3 Å². The second kappa shape index (κ2) is 16.7. The summed E-state index contributed by atoms with van der Waals surface area (Å²) in [5.41, 5.74) is 6.62. The smallest absolute Gasteiger partial charge is 0.320 e. The number of halogens is 2. The molecule has 0 radical (unpaired) electrons. The molecule has 0 spiro atoms. The number of carboxylic acid groups (broad SMARTS) is 2. The molecule has 0 aliphatic heterocycles. The summed E-state index contributed by atoms with van der Waals surface area (Å²) in [6.07, 6.45) is 5.67. The third-order valence-electron chi connectivity index (χ3n) is 12.2. The van der Waals surface area contributed by atoms with Gasteiger partial charge in [0.1, 0.15) is 23.6 Å². The molecule has 286 valence electrons. The van der Waals surface area contributed by atoms with Gasteiger partial charge < -0.3 is 19.7 Å². The van der Waals surface area contributed by atoms with Crippen LogP contribution in [-0.4, -0.2) is 85.4 Å². The molecule has 54 heavy (non-hydrogen) atoms. The normalized spacial score (nSPS) is 20.1. The van der Waals surface area contributed by atoms with Crippen LogP contribution in [0.25, 0.3) is 0 Å². The van der Waals surface area contributed by atoms with E-state index in [2.05, 4.69) is 48.5 Å². The minimum absolute atomic E-state index is 0.0512. The molecule has 0 bridgehead atoms. The minimum atomic E-state index is -1.03. The Kier molecular flexibility index (Phi) is 12.3. The first-order chi connectivity index (χ1) is 25.9. The first kappa shape index (κ1) is 39.6. The van der Waals surface area contributed by atoms with Crippen LogP contribution >= 0.6 is 23.2 Å². The van der Waals surface area contributed by atoms with Crippen molar-refractivity contribution in [1.82, 2.24) is 9.80 Å². The predicted octanol–water partition coefficient (Wildman–Crippen LogP) is 8.51. The molecule has 2 aliphatic carbocycles. The first-order valence-electron chi connectivity index (χ1n) is 18.6. The number of ether oxygens (including phenoxy) is 2. The Morgan fingerprint density at radius 1 is 0.667 bits per heavy atom. The fraction of sp³-hybridized carbons (Fsp3) is 0.409. The Bertz CT molecular complexity index is 1950. The summed E-state index contributed by atoms with van der Waals surface area (Å²) in [6, 6.07) is 26.5. The van der Waals surface area contributed by atoms with Crippen LogP contribution in [0.5, 0.6) is 11.5 Å². The molecule has 4 aromatic carbocycles. The van der Waals surface area contributed by atoms with Crippen LogP contribution in [0.3, 0.4) is 0 Å². The van der Waals surface area contributed by atoms with Gasteiger partial charge in [-0.2, -0.15) is 0 Å². The Morgan fingerprint density at radius 2 is 1.15 bits per heavy atom. The van der Waals surface area contributed by atoms with E-state index in [-0.39, 0.29) is 17.3 Å². The minimum Gasteiger partial charge on any atom is -0.497 e. The maximum Gasteiger partial charge on any atom is 0.320 e. The van der Waals surface area contributed by atoms with Gasteiger partial charge in [-0.1, -0.05) is 59.6 Å². The molecular formula is C44H50Cl2N2O6. The largest absolute Gasteiger partial charge is 0.497 e. The molecule has 2 N–H and O–H groups in total. The van der Waals surface area contributed by atoms with Crippen molar-refractivity contribution in [2.24, 2.45) is 0 Å². The second-order valence-electron chi connectivity index (χ2n) is 15.0. The number of carbonyl (C=O) groups is 2. The lowest BCUT2D eigenvalue weighted by molar-refractivity contribution is -0.147. The SMILES string of the molecule is COc1ccc(C2(CCCN(C)[C@@H](CC(C(=O)O)N(C)CCC3(c4ccc(Cl)cc4)CCc4cc(OC)ccc43)C(=O)O)CCc3cc(Cl)ccc32)cc1.